The summed E-state index contributed by atoms with van der Waals surface area (Å²) in [6.45, 7) is 2.10. The Morgan fingerprint density at radius 2 is 2.12 bits per heavy atom. The third kappa shape index (κ3) is 4.37. The molecule has 4 heteroatoms. The van der Waals surface area contributed by atoms with Crippen LogP contribution < -0.4 is 5.32 Å². The first kappa shape index (κ1) is 12.6. The van der Waals surface area contributed by atoms with Gasteiger partial charge in [0, 0.05) is 23.4 Å². The average Bonchev–Trinajstić information content (AvgIpc) is 2.29. The van der Waals surface area contributed by atoms with Crippen LogP contribution >= 0.6 is 11.8 Å². The zero-order valence-electron chi connectivity index (χ0n) is 9.19. The lowest BCUT2D eigenvalue weighted by Crippen LogP contribution is -2.10. The average molecular weight is 234 g/mol. The van der Waals surface area contributed by atoms with Crippen LogP contribution in [0, 0.1) is 11.3 Å². The van der Waals surface area contributed by atoms with Crippen molar-refractivity contribution < 1.29 is 4.79 Å². The highest BCUT2D eigenvalue weighted by molar-refractivity contribution is 7.99. The molecule has 1 aromatic carbocycles. The van der Waals surface area contributed by atoms with Crippen LogP contribution in [0.15, 0.2) is 29.2 Å². The summed E-state index contributed by atoms with van der Waals surface area (Å²) >= 11 is 1.76. The Morgan fingerprint density at radius 1 is 1.44 bits per heavy atom. The quantitative estimate of drug-likeness (QED) is 0.797. The summed E-state index contributed by atoms with van der Waals surface area (Å²) in [6, 6.07) is 9.66. The standard InChI is InChI=1S/C12H14N2OS/c1-2-16-11-7-5-10(6-8-11)14-12(15)4-3-9-13/h5-8H,2-4H2,1H3,(H,14,15). The fourth-order valence-electron chi connectivity index (χ4n) is 1.19. The molecule has 0 saturated heterocycles. The molecule has 0 aromatic heterocycles. The van der Waals surface area contributed by atoms with E-state index < -0.39 is 0 Å². The maximum absolute atomic E-state index is 11.3. The van der Waals surface area contributed by atoms with E-state index >= 15 is 0 Å². The molecule has 0 unspecified atom stereocenters. The molecule has 0 aliphatic heterocycles. The molecule has 1 amide bonds. The highest BCUT2D eigenvalue weighted by Gasteiger charge is 2.01. The SMILES string of the molecule is CCSc1ccc(NC(=O)CCC#N)cc1. The highest BCUT2D eigenvalue weighted by atomic mass is 32.2. The number of nitrogens with one attached hydrogen (secondary N) is 1. The van der Waals surface area contributed by atoms with Gasteiger partial charge >= 0.3 is 0 Å². The van der Waals surface area contributed by atoms with Crippen molar-refractivity contribution in [3.63, 3.8) is 0 Å². The first-order valence-electron chi connectivity index (χ1n) is 5.16. The van der Waals surface area contributed by atoms with E-state index in [1.165, 1.54) is 4.90 Å². The molecule has 16 heavy (non-hydrogen) atoms. The van der Waals surface area contributed by atoms with E-state index in [9.17, 15) is 4.79 Å². The third-order valence-electron chi connectivity index (χ3n) is 1.91. The number of carbonyl (C=O) groups excluding carboxylic acids is 1. The summed E-state index contributed by atoms with van der Waals surface area (Å²) in [7, 11) is 0. The van der Waals surface area contributed by atoms with Gasteiger partial charge in [0.1, 0.15) is 0 Å². The lowest BCUT2D eigenvalue weighted by atomic mass is 10.3. The van der Waals surface area contributed by atoms with Crippen LogP contribution in [0.3, 0.4) is 0 Å². The predicted molar refractivity (Wildman–Crippen MR) is 66.3 cm³/mol. The van der Waals surface area contributed by atoms with Gasteiger partial charge in [0.05, 0.1) is 6.07 Å². The normalized spacial score (nSPS) is 9.50. The molecule has 0 aliphatic rings. The van der Waals surface area contributed by atoms with Gasteiger partial charge in [0.25, 0.3) is 0 Å². The molecule has 0 spiro atoms. The lowest BCUT2D eigenvalue weighted by molar-refractivity contribution is -0.116. The Balaban J connectivity index is 2.49. The van der Waals surface area contributed by atoms with Gasteiger partial charge in [-0.3, -0.25) is 4.79 Å². The van der Waals surface area contributed by atoms with Crippen molar-refractivity contribution in [3.05, 3.63) is 24.3 Å². The number of nitrogens with zero attached hydrogens (tertiary/aromatic N) is 1. The van der Waals surface area contributed by atoms with E-state index in [0.717, 1.165) is 11.4 Å². The van der Waals surface area contributed by atoms with Crippen LogP contribution in [-0.4, -0.2) is 11.7 Å². The minimum Gasteiger partial charge on any atom is -0.326 e. The van der Waals surface area contributed by atoms with E-state index in [4.69, 9.17) is 5.26 Å². The topological polar surface area (TPSA) is 52.9 Å². The number of amides is 1. The second-order valence-corrected chi connectivity index (χ2v) is 4.50. The minimum absolute atomic E-state index is 0.113. The van der Waals surface area contributed by atoms with Crippen molar-refractivity contribution in [1.29, 1.82) is 5.26 Å². The molecule has 0 atom stereocenters. The largest absolute Gasteiger partial charge is 0.326 e. The van der Waals surface area contributed by atoms with E-state index in [1.54, 1.807) is 11.8 Å². The number of thioether (sulfide) groups is 1. The fraction of sp³-hybridized carbons (Fsp3) is 0.333. The first-order valence-corrected chi connectivity index (χ1v) is 6.14. The van der Waals surface area contributed by atoms with Crippen molar-refractivity contribution in [2.75, 3.05) is 11.1 Å². The van der Waals surface area contributed by atoms with Crippen molar-refractivity contribution in [1.82, 2.24) is 0 Å². The summed E-state index contributed by atoms with van der Waals surface area (Å²) < 4.78 is 0. The molecule has 84 valence electrons. The number of anilines is 1. The van der Waals surface area contributed by atoms with Crippen molar-refractivity contribution in [3.8, 4) is 6.07 Å². The predicted octanol–water partition coefficient (Wildman–Crippen LogP) is 3.04. The lowest BCUT2D eigenvalue weighted by Gasteiger charge is -2.04. The highest BCUT2D eigenvalue weighted by Crippen LogP contribution is 2.19. The molecule has 0 fully saturated rings. The Morgan fingerprint density at radius 3 is 2.69 bits per heavy atom. The third-order valence-corrected chi connectivity index (χ3v) is 2.81. The number of hydrogen-bond donors (Lipinski definition) is 1. The summed E-state index contributed by atoms with van der Waals surface area (Å²) in [6.07, 6.45) is 0.511. The summed E-state index contributed by atoms with van der Waals surface area (Å²) in [5, 5.41) is 11.1. The molecule has 1 rings (SSSR count). The number of carbonyl (C=O) groups is 1. The van der Waals surface area contributed by atoms with Gasteiger partial charge in [-0.05, 0) is 30.0 Å². The molecule has 3 nitrogen and oxygen atoms in total. The minimum atomic E-state index is -0.113. The van der Waals surface area contributed by atoms with Crippen LogP contribution in [-0.2, 0) is 4.79 Å². The fourth-order valence-corrected chi connectivity index (χ4v) is 1.86. The van der Waals surface area contributed by atoms with Gasteiger partial charge in [-0.1, -0.05) is 6.92 Å². The monoisotopic (exact) mass is 234 g/mol. The molecule has 0 heterocycles. The van der Waals surface area contributed by atoms with Gasteiger partial charge in [0.15, 0.2) is 0 Å². The summed E-state index contributed by atoms with van der Waals surface area (Å²) in [5.41, 5.74) is 0.781. The van der Waals surface area contributed by atoms with Crippen molar-refractivity contribution in [2.45, 2.75) is 24.7 Å². The van der Waals surface area contributed by atoms with Crippen LogP contribution in [0.4, 0.5) is 5.69 Å². The van der Waals surface area contributed by atoms with E-state index in [2.05, 4.69) is 12.2 Å². The van der Waals surface area contributed by atoms with Crippen LogP contribution in [0.1, 0.15) is 19.8 Å². The molecule has 0 aliphatic carbocycles. The van der Waals surface area contributed by atoms with Crippen LogP contribution in [0.2, 0.25) is 0 Å². The van der Waals surface area contributed by atoms with Crippen molar-refractivity contribution >= 4 is 23.4 Å². The van der Waals surface area contributed by atoms with Gasteiger partial charge in [-0.25, -0.2) is 0 Å². The number of rotatable bonds is 5. The molecule has 0 bridgehead atoms. The maximum atomic E-state index is 11.3. The van der Waals surface area contributed by atoms with Crippen LogP contribution in [0.25, 0.3) is 0 Å². The second kappa shape index (κ2) is 6.91. The Hall–Kier alpha value is -1.47. The molecule has 0 radical (unpaired) electrons. The summed E-state index contributed by atoms with van der Waals surface area (Å²) in [5.74, 6) is 0.922. The number of benzene rings is 1. The van der Waals surface area contributed by atoms with Gasteiger partial charge in [-0.15, -0.1) is 11.8 Å². The molecular formula is C12H14N2OS. The van der Waals surface area contributed by atoms with Gasteiger partial charge in [-0.2, -0.15) is 5.26 Å². The second-order valence-electron chi connectivity index (χ2n) is 3.16. The Labute approximate surface area is 99.8 Å². The molecule has 1 aromatic rings. The van der Waals surface area contributed by atoms with Crippen LogP contribution in [0.5, 0.6) is 0 Å². The maximum Gasteiger partial charge on any atom is 0.225 e. The Bertz CT molecular complexity index is 381. The molecular weight excluding hydrogens is 220 g/mol. The number of nitriles is 1. The van der Waals surface area contributed by atoms with Crippen molar-refractivity contribution in [2.24, 2.45) is 0 Å². The van der Waals surface area contributed by atoms with E-state index in [-0.39, 0.29) is 18.7 Å². The summed E-state index contributed by atoms with van der Waals surface area (Å²) in [4.78, 5) is 12.5. The first-order chi connectivity index (χ1) is 7.76. The Kier molecular flexibility index (Phi) is 5.44. The van der Waals surface area contributed by atoms with E-state index in [1.807, 2.05) is 30.3 Å². The zero-order chi connectivity index (χ0) is 11.8. The zero-order valence-corrected chi connectivity index (χ0v) is 10.0. The van der Waals surface area contributed by atoms with Gasteiger partial charge in [0.2, 0.25) is 5.91 Å². The smallest absolute Gasteiger partial charge is 0.225 e. The van der Waals surface area contributed by atoms with Gasteiger partial charge < -0.3 is 5.32 Å². The molecule has 0 saturated carbocycles. The van der Waals surface area contributed by atoms with E-state index in [0.29, 0.717) is 0 Å². The number of hydrogen-bond acceptors (Lipinski definition) is 3. The molecule has 1 N–H and O–H groups in total.